The van der Waals surface area contributed by atoms with Crippen LogP contribution in [0.4, 0.5) is 0 Å². The number of Topliss-reactive ketones (excluding diaryl/α,β-unsaturated/α-hetero) is 1. The number of aryl methyl sites for hydroxylation is 2. The fourth-order valence-corrected chi connectivity index (χ4v) is 2.76. The molecule has 0 radical (unpaired) electrons. The number of benzene rings is 1. The number of hydrogen-bond acceptors (Lipinski definition) is 3. The maximum Gasteiger partial charge on any atom is 0.295 e. The first-order chi connectivity index (χ1) is 9.97. The Balaban J connectivity index is 1.95. The molecule has 0 bridgehead atoms. The molecule has 1 aliphatic heterocycles. The van der Waals surface area contributed by atoms with Crippen molar-refractivity contribution < 1.29 is 14.7 Å². The molecule has 2 heterocycles. The van der Waals surface area contributed by atoms with Crippen molar-refractivity contribution in [1.29, 1.82) is 0 Å². The van der Waals surface area contributed by atoms with Crippen LogP contribution in [-0.4, -0.2) is 45.9 Å². The Morgan fingerprint density at radius 1 is 1.29 bits per heavy atom. The summed E-state index contributed by atoms with van der Waals surface area (Å²) < 4.78 is 0. The van der Waals surface area contributed by atoms with Crippen LogP contribution in [0.3, 0.4) is 0 Å². The number of likely N-dealkylation sites (tertiary alicyclic amines) is 1. The van der Waals surface area contributed by atoms with E-state index in [0.29, 0.717) is 18.5 Å². The lowest BCUT2D eigenvalue weighted by Crippen LogP contribution is -2.35. The molecule has 1 aromatic carbocycles. The molecule has 2 aromatic rings. The third-order valence-electron chi connectivity index (χ3n) is 4.19. The van der Waals surface area contributed by atoms with Gasteiger partial charge in [-0.1, -0.05) is 0 Å². The third-order valence-corrected chi connectivity index (χ3v) is 4.19. The second-order valence-corrected chi connectivity index (χ2v) is 5.71. The Hall–Kier alpha value is -2.14. The monoisotopic (exact) mass is 286 g/mol. The number of aromatic amines is 1. The molecule has 0 aliphatic carbocycles. The number of H-pyrrole nitrogens is 1. The summed E-state index contributed by atoms with van der Waals surface area (Å²) in [5, 5.41) is 10.3. The topological polar surface area (TPSA) is 73.4 Å². The van der Waals surface area contributed by atoms with Gasteiger partial charge in [-0.3, -0.25) is 9.59 Å². The number of aliphatic hydroxyl groups excluding tert-OH is 1. The average molecular weight is 286 g/mol. The first-order valence-electron chi connectivity index (χ1n) is 7.07. The quantitative estimate of drug-likeness (QED) is 0.650. The highest BCUT2D eigenvalue weighted by Crippen LogP contribution is 2.23. The van der Waals surface area contributed by atoms with Crippen molar-refractivity contribution >= 4 is 22.6 Å². The largest absolute Gasteiger partial charge is 0.391 e. The zero-order valence-electron chi connectivity index (χ0n) is 12.1. The van der Waals surface area contributed by atoms with E-state index >= 15 is 0 Å². The molecular weight excluding hydrogens is 268 g/mol. The first-order valence-corrected chi connectivity index (χ1v) is 7.07. The number of rotatable bonds is 2. The maximum atomic E-state index is 12.4. The van der Waals surface area contributed by atoms with E-state index in [1.807, 2.05) is 26.0 Å². The van der Waals surface area contributed by atoms with Crippen LogP contribution in [0.5, 0.6) is 0 Å². The van der Waals surface area contributed by atoms with Crippen LogP contribution in [0.25, 0.3) is 10.9 Å². The lowest BCUT2D eigenvalue weighted by atomic mass is 10.0. The van der Waals surface area contributed by atoms with Gasteiger partial charge in [0.1, 0.15) is 0 Å². The van der Waals surface area contributed by atoms with Crippen LogP contribution >= 0.6 is 0 Å². The van der Waals surface area contributed by atoms with Crippen molar-refractivity contribution in [3.8, 4) is 0 Å². The highest BCUT2D eigenvalue weighted by atomic mass is 16.3. The van der Waals surface area contributed by atoms with Crippen molar-refractivity contribution in [1.82, 2.24) is 9.88 Å². The Morgan fingerprint density at radius 3 is 2.67 bits per heavy atom. The van der Waals surface area contributed by atoms with E-state index in [1.54, 1.807) is 6.20 Å². The molecule has 21 heavy (non-hydrogen) atoms. The number of carbonyl (C=O) groups excluding carboxylic acids is 2. The van der Waals surface area contributed by atoms with Crippen molar-refractivity contribution in [2.75, 3.05) is 13.1 Å². The zero-order chi connectivity index (χ0) is 15.1. The summed E-state index contributed by atoms with van der Waals surface area (Å²) >= 11 is 0. The predicted octanol–water partition coefficient (Wildman–Crippen LogP) is 1.56. The van der Waals surface area contributed by atoms with E-state index in [4.69, 9.17) is 0 Å². The smallest absolute Gasteiger partial charge is 0.295 e. The summed E-state index contributed by atoms with van der Waals surface area (Å²) in [5.41, 5.74) is 3.48. The number of nitrogens with one attached hydrogen (secondary N) is 1. The molecule has 5 heteroatoms. The summed E-state index contributed by atoms with van der Waals surface area (Å²) in [4.78, 5) is 29.1. The summed E-state index contributed by atoms with van der Waals surface area (Å²) in [6.07, 6.45) is 1.61. The third kappa shape index (κ3) is 2.34. The molecule has 5 nitrogen and oxygen atoms in total. The maximum absolute atomic E-state index is 12.4. The van der Waals surface area contributed by atoms with Crippen LogP contribution in [0, 0.1) is 13.8 Å². The SMILES string of the molecule is Cc1cc2[nH]cc(C(=O)C(=O)N3CCC(O)C3)c2cc1C. The van der Waals surface area contributed by atoms with Gasteiger partial charge < -0.3 is 15.0 Å². The standard InChI is InChI=1S/C16H18N2O3/c1-9-5-12-13(7-17-14(12)6-10(9)2)15(20)16(21)18-4-3-11(19)8-18/h5-7,11,17,19H,3-4,8H2,1-2H3. The highest BCUT2D eigenvalue weighted by molar-refractivity contribution is 6.44. The molecule has 1 aliphatic rings. The Labute approximate surface area is 122 Å². The van der Waals surface area contributed by atoms with Gasteiger partial charge in [0.25, 0.3) is 11.7 Å². The lowest BCUT2D eigenvalue weighted by molar-refractivity contribution is -0.125. The minimum atomic E-state index is -0.536. The van der Waals surface area contributed by atoms with Gasteiger partial charge >= 0.3 is 0 Å². The normalized spacial score (nSPS) is 18.4. The molecular formula is C16H18N2O3. The summed E-state index contributed by atoms with van der Waals surface area (Å²) in [6, 6.07) is 3.91. The van der Waals surface area contributed by atoms with E-state index in [1.165, 1.54) is 4.90 Å². The highest BCUT2D eigenvalue weighted by Gasteiger charge is 2.30. The van der Waals surface area contributed by atoms with Gasteiger partial charge in [-0.15, -0.1) is 0 Å². The number of amides is 1. The number of fused-ring (bicyclic) bond motifs is 1. The van der Waals surface area contributed by atoms with Crippen molar-refractivity contribution in [3.63, 3.8) is 0 Å². The van der Waals surface area contributed by atoms with E-state index in [9.17, 15) is 14.7 Å². The molecule has 0 spiro atoms. The average Bonchev–Trinajstić information content (AvgIpc) is 3.04. The van der Waals surface area contributed by atoms with Crippen LogP contribution in [0.2, 0.25) is 0 Å². The molecule has 1 saturated heterocycles. The number of aromatic nitrogens is 1. The minimum absolute atomic E-state index is 0.241. The predicted molar refractivity (Wildman–Crippen MR) is 79.3 cm³/mol. The van der Waals surface area contributed by atoms with Gasteiger partial charge in [-0.25, -0.2) is 0 Å². The lowest BCUT2D eigenvalue weighted by Gasteiger charge is -2.14. The second kappa shape index (κ2) is 5.00. The zero-order valence-corrected chi connectivity index (χ0v) is 12.1. The number of β-amino-alcohol motifs (C(OH)–C–C–N with tert-alkyl or cyclic N) is 1. The van der Waals surface area contributed by atoms with Crippen LogP contribution in [0.1, 0.15) is 27.9 Å². The summed E-state index contributed by atoms with van der Waals surface area (Å²) in [6.45, 7) is 4.67. The van der Waals surface area contributed by atoms with Crippen LogP contribution < -0.4 is 0 Å². The van der Waals surface area contributed by atoms with Gasteiger partial charge in [-0.2, -0.15) is 0 Å². The van der Waals surface area contributed by atoms with Gasteiger partial charge in [-0.05, 0) is 43.5 Å². The molecule has 1 fully saturated rings. The molecule has 110 valence electrons. The molecule has 0 saturated carbocycles. The number of aliphatic hydroxyl groups is 1. The van der Waals surface area contributed by atoms with Gasteiger partial charge in [0.15, 0.2) is 0 Å². The van der Waals surface area contributed by atoms with Gasteiger partial charge in [0.05, 0.1) is 11.7 Å². The molecule has 3 rings (SSSR count). The van der Waals surface area contributed by atoms with Crippen LogP contribution in [0.15, 0.2) is 18.3 Å². The Kier molecular flexibility index (Phi) is 3.29. The number of hydrogen-bond donors (Lipinski definition) is 2. The Morgan fingerprint density at radius 2 is 2.00 bits per heavy atom. The second-order valence-electron chi connectivity index (χ2n) is 5.71. The Bertz CT molecular complexity index is 732. The van der Waals surface area contributed by atoms with E-state index in [-0.39, 0.29) is 6.54 Å². The van der Waals surface area contributed by atoms with Gasteiger partial charge in [0.2, 0.25) is 0 Å². The van der Waals surface area contributed by atoms with Crippen molar-refractivity contribution in [2.24, 2.45) is 0 Å². The van der Waals surface area contributed by atoms with Crippen molar-refractivity contribution in [3.05, 3.63) is 35.0 Å². The molecule has 1 unspecified atom stereocenters. The summed E-state index contributed by atoms with van der Waals surface area (Å²) in [5.74, 6) is -1.05. The van der Waals surface area contributed by atoms with E-state index in [2.05, 4.69) is 4.98 Å². The van der Waals surface area contributed by atoms with E-state index in [0.717, 1.165) is 22.0 Å². The molecule has 1 amide bonds. The van der Waals surface area contributed by atoms with Gasteiger partial charge in [0, 0.05) is 30.2 Å². The molecule has 2 N–H and O–H groups in total. The van der Waals surface area contributed by atoms with Crippen molar-refractivity contribution in [2.45, 2.75) is 26.4 Å². The number of nitrogens with zero attached hydrogens (tertiary/aromatic N) is 1. The number of ketones is 1. The first kappa shape index (κ1) is 13.8. The molecule has 1 atom stereocenters. The fourth-order valence-electron chi connectivity index (χ4n) is 2.76. The fraction of sp³-hybridized carbons (Fsp3) is 0.375. The summed E-state index contributed by atoms with van der Waals surface area (Å²) in [7, 11) is 0. The van der Waals surface area contributed by atoms with E-state index < -0.39 is 17.8 Å². The molecule has 1 aromatic heterocycles. The van der Waals surface area contributed by atoms with Crippen LogP contribution in [-0.2, 0) is 4.79 Å². The number of carbonyl (C=O) groups is 2. The minimum Gasteiger partial charge on any atom is -0.391 e.